The van der Waals surface area contributed by atoms with Gasteiger partial charge in [-0.1, -0.05) is 11.8 Å². The molecule has 0 aliphatic rings. The largest absolute Gasteiger partial charge is 0.481 e. The molecular weight excluding hydrogens is 326 g/mol. The highest BCUT2D eigenvalue weighted by atomic mass is 32.2. The second kappa shape index (κ2) is 5.75. The Balaban J connectivity index is 1.57. The molecule has 0 unspecified atom stereocenters. The lowest BCUT2D eigenvalue weighted by atomic mass is 10.4. The fourth-order valence-electron chi connectivity index (χ4n) is 2.45. The van der Waals surface area contributed by atoms with Gasteiger partial charge in [0.25, 0.3) is 5.78 Å². The number of aromatic nitrogens is 7. The van der Waals surface area contributed by atoms with Crippen molar-refractivity contribution < 1.29 is 4.74 Å². The Morgan fingerprint density at radius 3 is 2.88 bits per heavy atom. The molecule has 0 aliphatic heterocycles. The van der Waals surface area contributed by atoms with Crippen LogP contribution in [0.25, 0.3) is 16.9 Å². The molecule has 1 N–H and O–H groups in total. The Morgan fingerprint density at radius 2 is 2.04 bits per heavy atom. The van der Waals surface area contributed by atoms with Crippen molar-refractivity contribution >= 4 is 28.7 Å². The van der Waals surface area contributed by atoms with E-state index >= 15 is 0 Å². The molecule has 0 spiro atoms. The Hall–Kier alpha value is -2.68. The van der Waals surface area contributed by atoms with Gasteiger partial charge in [-0.15, -0.1) is 5.10 Å². The van der Waals surface area contributed by atoms with Gasteiger partial charge < -0.3 is 9.72 Å². The summed E-state index contributed by atoms with van der Waals surface area (Å²) in [7, 11) is 1.59. The maximum atomic E-state index is 5.12. The first-order valence-electron chi connectivity index (χ1n) is 7.36. The summed E-state index contributed by atoms with van der Waals surface area (Å²) < 4.78 is 6.87. The molecule has 0 amide bonds. The Kier molecular flexibility index (Phi) is 3.57. The lowest BCUT2D eigenvalue weighted by Crippen LogP contribution is -1.97. The van der Waals surface area contributed by atoms with Gasteiger partial charge in [0.2, 0.25) is 11.0 Å². The van der Waals surface area contributed by atoms with Gasteiger partial charge in [-0.05, 0) is 26.0 Å². The van der Waals surface area contributed by atoms with E-state index in [1.54, 1.807) is 17.7 Å². The van der Waals surface area contributed by atoms with Crippen LogP contribution in [0.1, 0.15) is 17.2 Å². The van der Waals surface area contributed by atoms with Crippen molar-refractivity contribution in [2.24, 2.45) is 0 Å². The van der Waals surface area contributed by atoms with Gasteiger partial charge in [0, 0.05) is 17.5 Å². The van der Waals surface area contributed by atoms with Gasteiger partial charge >= 0.3 is 0 Å². The van der Waals surface area contributed by atoms with Crippen LogP contribution < -0.4 is 4.74 Å². The molecule has 0 radical (unpaired) electrons. The van der Waals surface area contributed by atoms with Crippen molar-refractivity contribution in [1.82, 2.24) is 34.5 Å². The van der Waals surface area contributed by atoms with Gasteiger partial charge in [0.1, 0.15) is 5.82 Å². The molecule has 24 heavy (non-hydrogen) atoms. The number of methoxy groups -OCH3 is 1. The second-order valence-corrected chi connectivity index (χ2v) is 6.28. The zero-order valence-electron chi connectivity index (χ0n) is 13.4. The number of thioether (sulfide) groups is 1. The molecule has 9 heteroatoms. The lowest BCUT2D eigenvalue weighted by Gasteiger charge is -1.97. The topological polar surface area (TPSA) is 93.9 Å². The van der Waals surface area contributed by atoms with Crippen LogP contribution in [-0.2, 0) is 5.75 Å². The average Bonchev–Trinajstić information content (AvgIpc) is 3.15. The maximum Gasteiger partial charge on any atom is 0.253 e. The minimum absolute atomic E-state index is 0.548. The summed E-state index contributed by atoms with van der Waals surface area (Å²) in [6.45, 7) is 3.94. The normalized spacial score (nSPS) is 11.5. The first kappa shape index (κ1) is 14.9. The number of imidazole rings is 1. The number of fused-ring (bicyclic) bond motifs is 2. The van der Waals surface area contributed by atoms with Crippen molar-refractivity contribution in [1.29, 1.82) is 0 Å². The number of hydrogen-bond donors (Lipinski definition) is 1. The van der Waals surface area contributed by atoms with Crippen LogP contribution in [0.2, 0.25) is 0 Å². The molecule has 0 saturated carbocycles. The second-order valence-electron chi connectivity index (χ2n) is 5.34. The standard InChI is InChI=1S/C15H15N7OS/c1-8-6-9(2)22-14(16-8)20-15(21-22)24-7-11-17-10-4-5-12(23-3)19-13(10)18-11/h4-6H,7H2,1-3H3,(H,17,18,19). The summed E-state index contributed by atoms with van der Waals surface area (Å²) in [6, 6.07) is 5.69. The predicted octanol–water partition coefficient (Wildman–Crippen LogP) is 2.31. The number of rotatable bonds is 4. The molecule has 0 fully saturated rings. The van der Waals surface area contributed by atoms with E-state index in [9.17, 15) is 0 Å². The maximum absolute atomic E-state index is 5.12. The number of nitrogens with one attached hydrogen (secondary N) is 1. The smallest absolute Gasteiger partial charge is 0.253 e. The Morgan fingerprint density at radius 1 is 1.17 bits per heavy atom. The molecule has 4 rings (SSSR count). The minimum atomic E-state index is 0.548. The number of pyridine rings is 1. The highest BCUT2D eigenvalue weighted by Crippen LogP contribution is 2.21. The molecular formula is C15H15N7OS. The number of nitrogens with zero attached hydrogens (tertiary/aromatic N) is 6. The van der Waals surface area contributed by atoms with Gasteiger partial charge in [-0.25, -0.2) is 14.5 Å². The number of hydrogen-bond acceptors (Lipinski definition) is 7. The third-order valence-corrected chi connectivity index (χ3v) is 4.36. The molecule has 0 aliphatic carbocycles. The molecule has 0 atom stereocenters. The fourth-order valence-corrected chi connectivity index (χ4v) is 3.14. The molecule has 0 saturated heterocycles. The molecule has 0 bridgehead atoms. The molecule has 0 aromatic carbocycles. The average molecular weight is 341 g/mol. The van der Waals surface area contributed by atoms with E-state index in [1.807, 2.05) is 26.0 Å². The van der Waals surface area contributed by atoms with Gasteiger partial charge in [-0.3, -0.25) is 0 Å². The predicted molar refractivity (Wildman–Crippen MR) is 90.3 cm³/mol. The zero-order valence-corrected chi connectivity index (χ0v) is 14.3. The lowest BCUT2D eigenvalue weighted by molar-refractivity contribution is 0.399. The van der Waals surface area contributed by atoms with Gasteiger partial charge in [0.05, 0.1) is 18.4 Å². The van der Waals surface area contributed by atoms with Crippen LogP contribution in [0.4, 0.5) is 0 Å². The third kappa shape index (κ3) is 2.67. The number of aryl methyl sites for hydroxylation is 2. The minimum Gasteiger partial charge on any atom is -0.481 e. The van der Waals surface area contributed by atoms with Crippen LogP contribution in [0.5, 0.6) is 5.88 Å². The summed E-state index contributed by atoms with van der Waals surface area (Å²) in [5, 5.41) is 5.15. The monoisotopic (exact) mass is 341 g/mol. The summed E-state index contributed by atoms with van der Waals surface area (Å²) in [5.74, 6) is 2.60. The van der Waals surface area contributed by atoms with Crippen LogP contribution >= 0.6 is 11.8 Å². The van der Waals surface area contributed by atoms with E-state index in [-0.39, 0.29) is 0 Å². The van der Waals surface area contributed by atoms with Crippen molar-refractivity contribution in [2.75, 3.05) is 7.11 Å². The first-order chi connectivity index (χ1) is 11.6. The van der Waals surface area contributed by atoms with Crippen molar-refractivity contribution in [2.45, 2.75) is 24.8 Å². The van der Waals surface area contributed by atoms with Crippen molar-refractivity contribution in [3.8, 4) is 5.88 Å². The number of aromatic amines is 1. The van der Waals surface area contributed by atoms with Crippen LogP contribution in [-0.4, -0.2) is 41.6 Å². The fraction of sp³-hybridized carbons (Fsp3) is 0.267. The zero-order chi connectivity index (χ0) is 16.7. The van der Waals surface area contributed by atoms with Crippen LogP contribution in [0.15, 0.2) is 23.4 Å². The molecule has 4 aromatic rings. The van der Waals surface area contributed by atoms with E-state index < -0.39 is 0 Å². The summed E-state index contributed by atoms with van der Waals surface area (Å²) in [5.41, 5.74) is 3.46. The van der Waals surface area contributed by atoms with E-state index in [4.69, 9.17) is 4.74 Å². The molecule has 4 aromatic heterocycles. The Labute approximate surface area is 141 Å². The van der Waals surface area contributed by atoms with Gasteiger partial charge in [-0.2, -0.15) is 9.97 Å². The van der Waals surface area contributed by atoms with E-state index in [2.05, 4.69) is 30.0 Å². The van der Waals surface area contributed by atoms with Crippen LogP contribution in [0, 0.1) is 13.8 Å². The molecule has 8 nitrogen and oxygen atoms in total. The van der Waals surface area contributed by atoms with Crippen LogP contribution in [0.3, 0.4) is 0 Å². The highest BCUT2D eigenvalue weighted by Gasteiger charge is 2.11. The molecule has 4 heterocycles. The quantitative estimate of drug-likeness (QED) is 0.569. The summed E-state index contributed by atoms with van der Waals surface area (Å²) >= 11 is 1.50. The van der Waals surface area contributed by atoms with Crippen molar-refractivity contribution in [3.63, 3.8) is 0 Å². The van der Waals surface area contributed by atoms with E-state index in [0.717, 1.165) is 22.7 Å². The number of H-pyrrole nitrogens is 1. The Bertz CT molecular complexity index is 1040. The summed E-state index contributed by atoms with van der Waals surface area (Å²) in [6.07, 6.45) is 0. The van der Waals surface area contributed by atoms with Crippen molar-refractivity contribution in [3.05, 3.63) is 35.4 Å². The SMILES string of the molecule is COc1ccc2[nH]c(CSc3nc4nc(C)cc(C)n4n3)nc2n1. The van der Waals surface area contributed by atoms with E-state index in [1.165, 1.54) is 11.8 Å². The number of ether oxygens (including phenoxy) is 1. The third-order valence-electron chi connectivity index (χ3n) is 3.52. The highest BCUT2D eigenvalue weighted by molar-refractivity contribution is 7.98. The first-order valence-corrected chi connectivity index (χ1v) is 8.34. The van der Waals surface area contributed by atoms with Gasteiger partial charge in [0.15, 0.2) is 5.65 Å². The van der Waals surface area contributed by atoms with E-state index in [0.29, 0.717) is 28.2 Å². The summed E-state index contributed by atoms with van der Waals surface area (Å²) in [4.78, 5) is 20.9. The molecule has 122 valence electrons.